The third-order valence-electron chi connectivity index (χ3n) is 2.96. The molecule has 0 amide bonds. The second kappa shape index (κ2) is 5.36. The highest BCUT2D eigenvalue weighted by molar-refractivity contribution is 5.79. The van der Waals surface area contributed by atoms with Gasteiger partial charge in [0.25, 0.3) is 0 Å². The normalized spacial score (nSPS) is 17.4. The summed E-state index contributed by atoms with van der Waals surface area (Å²) >= 11 is 0. The summed E-state index contributed by atoms with van der Waals surface area (Å²) in [5, 5.41) is 0. The molecule has 2 rings (SSSR count). The monoisotopic (exact) mass is 240 g/mol. The van der Waals surface area contributed by atoms with E-state index < -0.39 is 11.6 Å². The molecule has 0 aromatic heterocycles. The lowest BCUT2D eigenvalue weighted by Gasteiger charge is -2.21. The fraction of sp³-hybridized carbons (Fsp3) is 0.462. The van der Waals surface area contributed by atoms with E-state index in [-0.39, 0.29) is 18.5 Å². The van der Waals surface area contributed by atoms with Crippen LogP contribution in [0.15, 0.2) is 18.2 Å². The van der Waals surface area contributed by atoms with Crippen LogP contribution in [0, 0.1) is 11.6 Å². The Hall–Kier alpha value is -1.29. The van der Waals surface area contributed by atoms with Crippen molar-refractivity contribution in [3.05, 3.63) is 35.4 Å². The average Bonchev–Trinajstić information content (AvgIpc) is 2.33. The molecule has 0 unspecified atom stereocenters. The molecule has 4 heteroatoms. The van der Waals surface area contributed by atoms with Gasteiger partial charge in [0, 0.05) is 12.8 Å². The van der Waals surface area contributed by atoms with Gasteiger partial charge in [-0.1, -0.05) is 6.07 Å². The van der Waals surface area contributed by atoms with Crippen molar-refractivity contribution >= 4 is 5.78 Å². The quantitative estimate of drug-likeness (QED) is 0.811. The highest BCUT2D eigenvalue weighted by Gasteiger charge is 2.19. The summed E-state index contributed by atoms with van der Waals surface area (Å²) in [5.41, 5.74) is 0.612. The number of hydrogen-bond donors (Lipinski definition) is 0. The van der Waals surface area contributed by atoms with E-state index in [0.717, 1.165) is 25.0 Å². The maximum Gasteiger partial charge on any atom is 0.159 e. The van der Waals surface area contributed by atoms with E-state index >= 15 is 0 Å². The first-order chi connectivity index (χ1) is 8.15. The third kappa shape index (κ3) is 3.33. The number of benzene rings is 1. The molecule has 1 aliphatic carbocycles. The number of ketones is 1. The first-order valence-corrected chi connectivity index (χ1v) is 5.72. The van der Waals surface area contributed by atoms with Crippen LogP contribution in [0.3, 0.4) is 0 Å². The fourth-order valence-corrected chi connectivity index (χ4v) is 1.92. The average molecular weight is 240 g/mol. The molecule has 2 nitrogen and oxygen atoms in total. The Balaban J connectivity index is 1.85. The van der Waals surface area contributed by atoms with Gasteiger partial charge in [-0.25, -0.2) is 8.78 Å². The van der Waals surface area contributed by atoms with E-state index in [1.807, 2.05) is 0 Å². The molecule has 1 aromatic rings. The first kappa shape index (κ1) is 12.2. The summed E-state index contributed by atoms with van der Waals surface area (Å²) in [6, 6.07) is 3.74. The molecule has 1 aromatic carbocycles. The smallest absolute Gasteiger partial charge is 0.159 e. The Morgan fingerprint density at radius 2 is 1.88 bits per heavy atom. The number of carbonyl (C=O) groups is 1. The zero-order chi connectivity index (χ0) is 12.3. The number of rotatable bonds is 3. The maximum absolute atomic E-state index is 12.9. The number of Topliss-reactive ketones (excluding diaryl/α,β-unsaturated/α-hetero) is 1. The van der Waals surface area contributed by atoms with Gasteiger partial charge in [0.05, 0.1) is 12.7 Å². The Morgan fingerprint density at radius 3 is 2.53 bits per heavy atom. The molecule has 0 aliphatic heterocycles. The summed E-state index contributed by atoms with van der Waals surface area (Å²) in [7, 11) is 0. The molecule has 0 atom stereocenters. The number of carbonyl (C=O) groups excluding carboxylic acids is 1. The van der Waals surface area contributed by atoms with Gasteiger partial charge >= 0.3 is 0 Å². The standard InChI is InChI=1S/C13H14F2O2/c14-12-6-1-9(7-13(12)15)8-17-11-4-2-10(16)3-5-11/h1,6-7,11H,2-5,8H2. The predicted octanol–water partition coefficient (Wildman–Crippen LogP) is 2.99. The Labute approximate surface area is 98.6 Å². The van der Waals surface area contributed by atoms with Gasteiger partial charge < -0.3 is 4.74 Å². The van der Waals surface area contributed by atoms with Crippen LogP contribution >= 0.6 is 0 Å². The highest BCUT2D eigenvalue weighted by atomic mass is 19.2. The van der Waals surface area contributed by atoms with Gasteiger partial charge in [0.1, 0.15) is 5.78 Å². The molecule has 92 valence electrons. The number of halogens is 2. The van der Waals surface area contributed by atoms with Crippen LogP contribution in [-0.4, -0.2) is 11.9 Å². The van der Waals surface area contributed by atoms with Crippen LogP contribution in [0.25, 0.3) is 0 Å². The topological polar surface area (TPSA) is 26.3 Å². The summed E-state index contributed by atoms with van der Waals surface area (Å²) < 4.78 is 31.2. The molecule has 17 heavy (non-hydrogen) atoms. The largest absolute Gasteiger partial charge is 0.374 e. The molecular weight excluding hydrogens is 226 g/mol. The Bertz CT molecular complexity index is 408. The van der Waals surface area contributed by atoms with Crippen molar-refractivity contribution in [2.75, 3.05) is 0 Å². The molecule has 0 N–H and O–H groups in total. The molecule has 0 radical (unpaired) electrons. The van der Waals surface area contributed by atoms with Crippen molar-refractivity contribution in [3.8, 4) is 0 Å². The number of hydrogen-bond acceptors (Lipinski definition) is 2. The third-order valence-corrected chi connectivity index (χ3v) is 2.96. The SMILES string of the molecule is O=C1CCC(OCc2ccc(F)c(F)c2)CC1. The fourth-order valence-electron chi connectivity index (χ4n) is 1.92. The maximum atomic E-state index is 12.9. The summed E-state index contributed by atoms with van der Waals surface area (Å²) in [4.78, 5) is 11.0. The van der Waals surface area contributed by atoms with Crippen LogP contribution in [0.1, 0.15) is 31.2 Å². The van der Waals surface area contributed by atoms with Gasteiger partial charge in [0.15, 0.2) is 11.6 Å². The Morgan fingerprint density at radius 1 is 1.18 bits per heavy atom. The summed E-state index contributed by atoms with van der Waals surface area (Å²) in [6.07, 6.45) is 2.62. The van der Waals surface area contributed by atoms with Crippen LogP contribution in [0.4, 0.5) is 8.78 Å². The van der Waals surface area contributed by atoms with Crippen LogP contribution in [0.5, 0.6) is 0 Å². The van der Waals surface area contributed by atoms with Crippen molar-refractivity contribution in [3.63, 3.8) is 0 Å². The lowest BCUT2D eigenvalue weighted by molar-refractivity contribution is -0.123. The van der Waals surface area contributed by atoms with Crippen LogP contribution in [0.2, 0.25) is 0 Å². The lowest BCUT2D eigenvalue weighted by Crippen LogP contribution is -2.21. The van der Waals surface area contributed by atoms with Crippen molar-refractivity contribution in [1.29, 1.82) is 0 Å². The van der Waals surface area contributed by atoms with Crippen molar-refractivity contribution in [2.45, 2.75) is 38.4 Å². The predicted molar refractivity (Wildman–Crippen MR) is 58.4 cm³/mol. The zero-order valence-corrected chi connectivity index (χ0v) is 9.42. The van der Waals surface area contributed by atoms with Crippen molar-refractivity contribution in [2.24, 2.45) is 0 Å². The van der Waals surface area contributed by atoms with Gasteiger partial charge in [-0.15, -0.1) is 0 Å². The Kier molecular flexibility index (Phi) is 3.84. The molecule has 1 saturated carbocycles. The molecule has 1 fully saturated rings. The lowest BCUT2D eigenvalue weighted by atomic mass is 9.96. The van der Waals surface area contributed by atoms with Gasteiger partial charge in [-0.3, -0.25) is 4.79 Å². The van der Waals surface area contributed by atoms with E-state index in [1.165, 1.54) is 6.07 Å². The molecule has 0 saturated heterocycles. The zero-order valence-electron chi connectivity index (χ0n) is 9.42. The highest BCUT2D eigenvalue weighted by Crippen LogP contribution is 2.19. The molecule has 0 bridgehead atoms. The van der Waals surface area contributed by atoms with E-state index in [4.69, 9.17) is 4.74 Å². The van der Waals surface area contributed by atoms with E-state index in [2.05, 4.69) is 0 Å². The number of ether oxygens (including phenoxy) is 1. The minimum absolute atomic E-state index is 0.0563. The molecule has 0 spiro atoms. The summed E-state index contributed by atoms with van der Waals surface area (Å²) in [6.45, 7) is 0.260. The first-order valence-electron chi connectivity index (χ1n) is 5.72. The van der Waals surface area contributed by atoms with Crippen molar-refractivity contribution in [1.82, 2.24) is 0 Å². The van der Waals surface area contributed by atoms with Gasteiger partial charge in [-0.05, 0) is 30.5 Å². The van der Waals surface area contributed by atoms with Gasteiger partial charge in [0.2, 0.25) is 0 Å². The van der Waals surface area contributed by atoms with Gasteiger partial charge in [-0.2, -0.15) is 0 Å². The second-order valence-electron chi connectivity index (χ2n) is 4.30. The minimum Gasteiger partial charge on any atom is -0.374 e. The van der Waals surface area contributed by atoms with Crippen LogP contribution < -0.4 is 0 Å². The van der Waals surface area contributed by atoms with E-state index in [0.29, 0.717) is 18.4 Å². The van der Waals surface area contributed by atoms with E-state index in [1.54, 1.807) is 0 Å². The molecule has 0 heterocycles. The molecule has 1 aliphatic rings. The van der Waals surface area contributed by atoms with E-state index in [9.17, 15) is 13.6 Å². The molecular formula is C13H14F2O2. The second-order valence-corrected chi connectivity index (χ2v) is 4.30. The summed E-state index contributed by atoms with van der Waals surface area (Å²) in [5.74, 6) is -1.43. The van der Waals surface area contributed by atoms with Crippen molar-refractivity contribution < 1.29 is 18.3 Å². The minimum atomic E-state index is -0.857. The van der Waals surface area contributed by atoms with Crippen LogP contribution in [-0.2, 0) is 16.1 Å².